The molecule has 0 atom stereocenters. The third-order valence-electron chi connectivity index (χ3n) is 3.17. The van der Waals surface area contributed by atoms with Gasteiger partial charge in [0.05, 0.1) is 10.5 Å². The first-order valence-electron chi connectivity index (χ1n) is 7.14. The van der Waals surface area contributed by atoms with E-state index in [1.807, 2.05) is 0 Å². The topological polar surface area (TPSA) is 93.5 Å². The predicted octanol–water partition coefficient (Wildman–Crippen LogP) is 3.10. The highest BCUT2D eigenvalue weighted by atomic mass is 35.5. The zero-order chi connectivity index (χ0) is 17.5. The van der Waals surface area contributed by atoms with Crippen LogP contribution in [-0.4, -0.2) is 31.0 Å². The summed E-state index contributed by atoms with van der Waals surface area (Å²) < 4.78 is 5.54. The molecule has 0 aliphatic rings. The van der Waals surface area contributed by atoms with Crippen LogP contribution in [0.2, 0.25) is 5.02 Å². The number of nitrogens with one attached hydrogen (secondary N) is 2. The van der Waals surface area contributed by atoms with Gasteiger partial charge in [-0.3, -0.25) is 14.9 Å². The molecule has 2 aromatic carbocycles. The highest BCUT2D eigenvalue weighted by Crippen LogP contribution is 2.22. The molecule has 24 heavy (non-hydrogen) atoms. The minimum Gasteiger partial charge on any atom is -0.492 e. The van der Waals surface area contributed by atoms with Crippen molar-refractivity contribution in [1.29, 1.82) is 0 Å². The Labute approximate surface area is 143 Å². The average molecular weight is 350 g/mol. The second kappa shape index (κ2) is 8.16. The Hall–Kier alpha value is -2.80. The van der Waals surface area contributed by atoms with Crippen molar-refractivity contribution in [1.82, 2.24) is 5.32 Å². The highest BCUT2D eigenvalue weighted by Gasteiger charge is 2.15. The summed E-state index contributed by atoms with van der Waals surface area (Å²) >= 11 is 5.87. The van der Waals surface area contributed by atoms with Gasteiger partial charge in [0.1, 0.15) is 12.4 Å². The van der Waals surface area contributed by atoms with Gasteiger partial charge in [-0.1, -0.05) is 17.7 Å². The molecule has 0 aromatic heterocycles. The lowest BCUT2D eigenvalue weighted by Crippen LogP contribution is -2.21. The van der Waals surface area contributed by atoms with Crippen LogP contribution in [0, 0.1) is 10.1 Å². The number of benzene rings is 2. The van der Waals surface area contributed by atoms with E-state index in [1.165, 1.54) is 25.2 Å². The Balaban J connectivity index is 2.01. The summed E-state index contributed by atoms with van der Waals surface area (Å²) in [6, 6.07) is 11.1. The highest BCUT2D eigenvalue weighted by molar-refractivity contribution is 6.30. The molecule has 126 valence electrons. The standard InChI is InChI=1S/C16H16ClN3O4/c1-18-16(21)14-10-12(20(22)23)5-6-15(14)19-7-8-24-13-4-2-3-11(17)9-13/h2-6,9-10,19H,7-8H2,1H3,(H,18,21). The van der Waals surface area contributed by atoms with Crippen LogP contribution in [0.15, 0.2) is 42.5 Å². The Morgan fingerprint density at radius 3 is 2.75 bits per heavy atom. The molecule has 0 saturated heterocycles. The lowest BCUT2D eigenvalue weighted by molar-refractivity contribution is -0.384. The van der Waals surface area contributed by atoms with Gasteiger partial charge in [-0.25, -0.2) is 0 Å². The molecule has 2 aromatic rings. The summed E-state index contributed by atoms with van der Waals surface area (Å²) in [6.45, 7) is 0.749. The van der Waals surface area contributed by atoms with Crippen molar-refractivity contribution in [3.05, 3.63) is 63.2 Å². The van der Waals surface area contributed by atoms with Crippen LogP contribution in [0.4, 0.5) is 11.4 Å². The molecule has 0 fully saturated rings. The lowest BCUT2D eigenvalue weighted by Gasteiger charge is -2.12. The summed E-state index contributed by atoms with van der Waals surface area (Å²) in [5.41, 5.74) is 0.554. The maximum atomic E-state index is 11.9. The van der Waals surface area contributed by atoms with Crippen molar-refractivity contribution >= 4 is 28.9 Å². The van der Waals surface area contributed by atoms with Crippen LogP contribution in [0.25, 0.3) is 0 Å². The number of carbonyl (C=O) groups excluding carboxylic acids is 1. The number of nitrogens with zero attached hydrogens (tertiary/aromatic N) is 1. The van der Waals surface area contributed by atoms with Crippen molar-refractivity contribution < 1.29 is 14.5 Å². The lowest BCUT2D eigenvalue weighted by atomic mass is 10.1. The van der Waals surface area contributed by atoms with E-state index in [9.17, 15) is 14.9 Å². The quantitative estimate of drug-likeness (QED) is 0.455. The number of hydrogen-bond donors (Lipinski definition) is 2. The molecule has 0 aliphatic heterocycles. The molecule has 2 N–H and O–H groups in total. The molecule has 0 aliphatic carbocycles. The van der Waals surface area contributed by atoms with Crippen molar-refractivity contribution in [2.45, 2.75) is 0 Å². The molecule has 2 rings (SSSR count). The van der Waals surface area contributed by atoms with Crippen LogP contribution in [0.5, 0.6) is 5.75 Å². The first-order valence-corrected chi connectivity index (χ1v) is 7.52. The van der Waals surface area contributed by atoms with Crippen LogP contribution in [0.1, 0.15) is 10.4 Å². The smallest absolute Gasteiger partial charge is 0.270 e. The number of amides is 1. The van der Waals surface area contributed by atoms with Gasteiger partial charge >= 0.3 is 0 Å². The van der Waals surface area contributed by atoms with Crippen LogP contribution in [-0.2, 0) is 0 Å². The maximum Gasteiger partial charge on any atom is 0.270 e. The molecule has 0 unspecified atom stereocenters. The van der Waals surface area contributed by atoms with Crippen molar-refractivity contribution in [2.24, 2.45) is 0 Å². The molecule has 1 amide bonds. The number of nitro groups is 1. The Kier molecular flexibility index (Phi) is 5.97. The van der Waals surface area contributed by atoms with Crippen molar-refractivity contribution in [3.63, 3.8) is 0 Å². The SMILES string of the molecule is CNC(=O)c1cc([N+](=O)[O-])ccc1NCCOc1cccc(Cl)c1. The molecule has 0 bridgehead atoms. The number of halogens is 1. The largest absolute Gasteiger partial charge is 0.492 e. The van der Waals surface area contributed by atoms with Crippen molar-refractivity contribution in [2.75, 3.05) is 25.5 Å². The molecular formula is C16H16ClN3O4. The Bertz CT molecular complexity index is 752. The molecule has 0 saturated carbocycles. The van der Waals surface area contributed by atoms with Gasteiger partial charge in [0, 0.05) is 36.4 Å². The van der Waals surface area contributed by atoms with E-state index in [-0.39, 0.29) is 11.3 Å². The first kappa shape index (κ1) is 17.6. The fourth-order valence-electron chi connectivity index (χ4n) is 2.03. The van der Waals surface area contributed by atoms with E-state index in [2.05, 4.69) is 10.6 Å². The van der Waals surface area contributed by atoms with Crippen LogP contribution in [0.3, 0.4) is 0 Å². The Morgan fingerprint density at radius 2 is 2.08 bits per heavy atom. The number of anilines is 1. The summed E-state index contributed by atoms with van der Waals surface area (Å²) in [7, 11) is 1.47. The second-order valence-corrected chi connectivity index (χ2v) is 5.24. The summed E-state index contributed by atoms with van der Waals surface area (Å²) in [6.07, 6.45) is 0. The summed E-state index contributed by atoms with van der Waals surface area (Å²) in [5.74, 6) is 0.233. The number of rotatable bonds is 7. The van der Waals surface area contributed by atoms with E-state index in [0.29, 0.717) is 29.6 Å². The third-order valence-corrected chi connectivity index (χ3v) is 3.40. The minimum atomic E-state index is -0.543. The number of ether oxygens (including phenoxy) is 1. The molecular weight excluding hydrogens is 334 g/mol. The van der Waals surface area contributed by atoms with Crippen LogP contribution < -0.4 is 15.4 Å². The second-order valence-electron chi connectivity index (χ2n) is 4.80. The predicted molar refractivity (Wildman–Crippen MR) is 91.9 cm³/mol. The minimum absolute atomic E-state index is 0.144. The van der Waals surface area contributed by atoms with E-state index >= 15 is 0 Å². The number of nitro benzene ring substituents is 1. The van der Waals surface area contributed by atoms with Gasteiger partial charge in [-0.05, 0) is 24.3 Å². The van der Waals surface area contributed by atoms with E-state index in [1.54, 1.807) is 24.3 Å². The number of carbonyl (C=O) groups is 1. The van der Waals surface area contributed by atoms with Crippen molar-refractivity contribution in [3.8, 4) is 5.75 Å². The Morgan fingerprint density at radius 1 is 1.29 bits per heavy atom. The molecule has 8 heteroatoms. The first-order chi connectivity index (χ1) is 11.5. The average Bonchev–Trinajstić information content (AvgIpc) is 2.58. The van der Waals surface area contributed by atoms with E-state index in [4.69, 9.17) is 16.3 Å². The van der Waals surface area contributed by atoms with Gasteiger partial charge in [0.2, 0.25) is 0 Å². The monoisotopic (exact) mass is 349 g/mol. The van der Waals surface area contributed by atoms with Gasteiger partial charge in [-0.2, -0.15) is 0 Å². The molecule has 0 radical (unpaired) electrons. The number of hydrogen-bond acceptors (Lipinski definition) is 5. The van der Waals surface area contributed by atoms with E-state index < -0.39 is 10.8 Å². The van der Waals surface area contributed by atoms with Gasteiger partial charge in [0.25, 0.3) is 11.6 Å². The normalized spacial score (nSPS) is 10.1. The van der Waals surface area contributed by atoms with Gasteiger partial charge in [-0.15, -0.1) is 0 Å². The molecule has 0 spiro atoms. The fourth-order valence-corrected chi connectivity index (χ4v) is 2.21. The zero-order valence-electron chi connectivity index (χ0n) is 12.9. The summed E-state index contributed by atoms with van der Waals surface area (Å²) in [4.78, 5) is 22.2. The number of non-ortho nitro benzene ring substituents is 1. The van der Waals surface area contributed by atoms with E-state index in [0.717, 1.165) is 0 Å². The fraction of sp³-hybridized carbons (Fsp3) is 0.188. The third kappa shape index (κ3) is 4.60. The van der Waals surface area contributed by atoms with Gasteiger partial charge < -0.3 is 15.4 Å². The summed E-state index contributed by atoms with van der Waals surface area (Å²) in [5, 5.41) is 16.9. The maximum absolute atomic E-state index is 11.9. The molecule has 7 nitrogen and oxygen atoms in total. The molecule has 0 heterocycles. The van der Waals surface area contributed by atoms with Crippen LogP contribution >= 0.6 is 11.6 Å². The zero-order valence-corrected chi connectivity index (χ0v) is 13.7. The van der Waals surface area contributed by atoms with Gasteiger partial charge in [0.15, 0.2) is 0 Å².